The molecule has 2 saturated heterocycles. The molecule has 5 rings (SSSR count). The van der Waals surface area contributed by atoms with Crippen LogP contribution in [0.2, 0.25) is 0 Å². The average molecular weight is 440 g/mol. The van der Waals surface area contributed by atoms with E-state index < -0.39 is 5.82 Å². The van der Waals surface area contributed by atoms with Gasteiger partial charge in [0.05, 0.1) is 17.7 Å². The highest BCUT2D eigenvalue weighted by Gasteiger charge is 2.50. The SMILES string of the molecule is O=C1N([C@H]2CC[C@H](O)CC2)CC[C@@]12CCCN(c1ccc(Oc3cccnc3)c(F)c1)C2. The van der Waals surface area contributed by atoms with E-state index in [-0.39, 0.29) is 29.2 Å². The Kier molecular flexibility index (Phi) is 5.76. The fourth-order valence-corrected chi connectivity index (χ4v) is 5.60. The molecule has 0 radical (unpaired) electrons. The van der Waals surface area contributed by atoms with Crippen LogP contribution in [0, 0.1) is 11.2 Å². The number of piperidine rings is 1. The normalized spacial score (nSPS) is 28.4. The molecule has 1 saturated carbocycles. The van der Waals surface area contributed by atoms with Crippen LogP contribution in [0.25, 0.3) is 0 Å². The number of nitrogens with zero attached hydrogens (tertiary/aromatic N) is 3. The Morgan fingerprint density at radius 1 is 1.12 bits per heavy atom. The van der Waals surface area contributed by atoms with Crippen LogP contribution in [0.15, 0.2) is 42.7 Å². The Hall–Kier alpha value is -2.67. The van der Waals surface area contributed by atoms with Crippen LogP contribution in [-0.4, -0.2) is 52.7 Å². The Labute approximate surface area is 188 Å². The van der Waals surface area contributed by atoms with Crippen LogP contribution in [0.5, 0.6) is 11.5 Å². The van der Waals surface area contributed by atoms with Crippen molar-refractivity contribution in [2.45, 2.75) is 57.1 Å². The summed E-state index contributed by atoms with van der Waals surface area (Å²) in [5.41, 5.74) is 0.405. The van der Waals surface area contributed by atoms with Gasteiger partial charge < -0.3 is 19.6 Å². The van der Waals surface area contributed by atoms with Crippen molar-refractivity contribution < 1.29 is 19.0 Å². The number of aliphatic hydroxyl groups excluding tert-OH is 1. The molecular formula is C25H30FN3O3. The molecule has 2 aromatic rings. The molecule has 170 valence electrons. The molecule has 1 aromatic carbocycles. The van der Waals surface area contributed by atoms with Crippen molar-refractivity contribution in [3.63, 3.8) is 0 Å². The van der Waals surface area contributed by atoms with Gasteiger partial charge in [-0.2, -0.15) is 0 Å². The molecule has 0 unspecified atom stereocenters. The molecule has 3 aliphatic rings. The third-order valence-corrected chi connectivity index (χ3v) is 7.37. The number of pyridine rings is 1. The number of hydrogen-bond acceptors (Lipinski definition) is 5. The lowest BCUT2D eigenvalue weighted by Gasteiger charge is -2.41. The maximum Gasteiger partial charge on any atom is 0.230 e. The summed E-state index contributed by atoms with van der Waals surface area (Å²) in [6.45, 7) is 2.23. The van der Waals surface area contributed by atoms with Gasteiger partial charge in [-0.25, -0.2) is 4.39 Å². The number of ether oxygens (including phenoxy) is 1. The minimum absolute atomic E-state index is 0.163. The minimum Gasteiger partial charge on any atom is -0.453 e. The molecule has 1 atom stereocenters. The molecule has 7 heteroatoms. The van der Waals surface area contributed by atoms with Crippen molar-refractivity contribution in [2.24, 2.45) is 5.41 Å². The molecule has 32 heavy (non-hydrogen) atoms. The first kappa shape index (κ1) is 21.2. The zero-order chi connectivity index (χ0) is 22.1. The highest BCUT2D eigenvalue weighted by atomic mass is 19.1. The number of aliphatic hydroxyl groups is 1. The third-order valence-electron chi connectivity index (χ3n) is 7.37. The van der Waals surface area contributed by atoms with Crippen LogP contribution in [0.3, 0.4) is 0 Å². The number of benzene rings is 1. The van der Waals surface area contributed by atoms with Gasteiger partial charge in [-0.3, -0.25) is 9.78 Å². The Morgan fingerprint density at radius 2 is 1.97 bits per heavy atom. The fraction of sp³-hybridized carbons (Fsp3) is 0.520. The maximum atomic E-state index is 14.8. The summed E-state index contributed by atoms with van der Waals surface area (Å²) < 4.78 is 20.4. The lowest BCUT2D eigenvalue weighted by Crippen LogP contribution is -2.50. The Morgan fingerprint density at radius 3 is 2.72 bits per heavy atom. The molecular weight excluding hydrogens is 409 g/mol. The smallest absolute Gasteiger partial charge is 0.230 e. The van der Waals surface area contributed by atoms with E-state index in [1.54, 1.807) is 30.6 Å². The van der Waals surface area contributed by atoms with Crippen molar-refractivity contribution in [1.29, 1.82) is 0 Å². The van der Waals surface area contributed by atoms with E-state index in [2.05, 4.69) is 14.8 Å². The van der Waals surface area contributed by atoms with Gasteiger partial charge in [0.1, 0.15) is 5.75 Å². The van der Waals surface area contributed by atoms with Crippen LogP contribution >= 0.6 is 0 Å². The van der Waals surface area contributed by atoms with E-state index in [0.29, 0.717) is 12.3 Å². The summed E-state index contributed by atoms with van der Waals surface area (Å²) >= 11 is 0. The van der Waals surface area contributed by atoms with Crippen LogP contribution in [0.4, 0.5) is 10.1 Å². The van der Waals surface area contributed by atoms with E-state index in [1.165, 1.54) is 6.07 Å². The molecule has 1 spiro atoms. The summed E-state index contributed by atoms with van der Waals surface area (Å²) in [5.74, 6) is 0.478. The van der Waals surface area contributed by atoms with Crippen molar-refractivity contribution >= 4 is 11.6 Å². The second-order valence-electron chi connectivity index (χ2n) is 9.42. The topological polar surface area (TPSA) is 65.9 Å². The zero-order valence-corrected chi connectivity index (χ0v) is 18.3. The maximum absolute atomic E-state index is 14.8. The zero-order valence-electron chi connectivity index (χ0n) is 18.3. The van der Waals surface area contributed by atoms with Crippen molar-refractivity contribution in [1.82, 2.24) is 9.88 Å². The van der Waals surface area contributed by atoms with E-state index in [9.17, 15) is 14.3 Å². The Bertz CT molecular complexity index is 964. The van der Waals surface area contributed by atoms with E-state index in [4.69, 9.17) is 4.74 Å². The van der Waals surface area contributed by atoms with Gasteiger partial charge in [0, 0.05) is 43.6 Å². The van der Waals surface area contributed by atoms with Gasteiger partial charge in [0.25, 0.3) is 0 Å². The number of aromatic nitrogens is 1. The van der Waals surface area contributed by atoms with Crippen molar-refractivity contribution in [2.75, 3.05) is 24.5 Å². The number of rotatable bonds is 4. The molecule has 2 aliphatic heterocycles. The monoisotopic (exact) mass is 439 g/mol. The summed E-state index contributed by atoms with van der Waals surface area (Å²) in [4.78, 5) is 21.7. The first-order valence-corrected chi connectivity index (χ1v) is 11.7. The van der Waals surface area contributed by atoms with Crippen molar-refractivity contribution in [3.8, 4) is 11.5 Å². The summed E-state index contributed by atoms with van der Waals surface area (Å²) in [5, 5.41) is 9.81. The quantitative estimate of drug-likeness (QED) is 0.776. The number of halogens is 1. The molecule has 6 nitrogen and oxygen atoms in total. The van der Waals surface area contributed by atoms with Gasteiger partial charge in [0.2, 0.25) is 5.91 Å². The second-order valence-corrected chi connectivity index (χ2v) is 9.42. The van der Waals surface area contributed by atoms with Gasteiger partial charge in [0.15, 0.2) is 11.6 Å². The first-order valence-electron chi connectivity index (χ1n) is 11.7. The van der Waals surface area contributed by atoms with E-state index >= 15 is 0 Å². The van der Waals surface area contributed by atoms with Gasteiger partial charge in [-0.15, -0.1) is 0 Å². The number of hydrogen-bond donors (Lipinski definition) is 1. The Balaban J connectivity index is 1.29. The highest BCUT2D eigenvalue weighted by molar-refractivity contribution is 5.86. The van der Waals surface area contributed by atoms with Crippen molar-refractivity contribution in [3.05, 3.63) is 48.5 Å². The predicted octanol–water partition coefficient (Wildman–Crippen LogP) is 4.14. The molecule has 3 heterocycles. The summed E-state index contributed by atoms with van der Waals surface area (Å²) in [6.07, 6.45) is 8.95. The standard InChI is InChI=1S/C25H30FN3O3/c26-22-15-19(6-9-23(22)32-21-3-1-12-27-16-21)28-13-2-10-25(17-28)11-14-29(24(25)31)18-4-7-20(30)8-5-18/h1,3,6,9,12,15-16,18,20,30H,2,4-5,7-8,10-11,13-14,17H2/t18-,20-,25-/m1/s1. The summed E-state index contributed by atoms with van der Waals surface area (Å²) in [7, 11) is 0. The van der Waals surface area contributed by atoms with Gasteiger partial charge in [-0.1, -0.05) is 0 Å². The minimum atomic E-state index is -0.425. The number of carbonyl (C=O) groups excluding carboxylic acids is 1. The number of amides is 1. The molecule has 3 fully saturated rings. The van der Waals surface area contributed by atoms with E-state index in [1.807, 2.05) is 6.07 Å². The summed E-state index contributed by atoms with van der Waals surface area (Å²) in [6, 6.07) is 8.75. The van der Waals surface area contributed by atoms with Crippen LogP contribution in [-0.2, 0) is 4.79 Å². The van der Waals surface area contributed by atoms with Crippen LogP contribution in [0.1, 0.15) is 44.9 Å². The van der Waals surface area contributed by atoms with Crippen LogP contribution < -0.4 is 9.64 Å². The third kappa shape index (κ3) is 4.06. The lowest BCUT2D eigenvalue weighted by molar-refractivity contribution is -0.139. The number of carbonyl (C=O) groups is 1. The number of likely N-dealkylation sites (tertiary alicyclic amines) is 1. The lowest BCUT2D eigenvalue weighted by atomic mass is 9.78. The molecule has 1 aromatic heterocycles. The largest absolute Gasteiger partial charge is 0.453 e. The average Bonchev–Trinajstić information content (AvgIpc) is 3.12. The predicted molar refractivity (Wildman–Crippen MR) is 119 cm³/mol. The van der Waals surface area contributed by atoms with Gasteiger partial charge >= 0.3 is 0 Å². The molecule has 0 bridgehead atoms. The van der Waals surface area contributed by atoms with Gasteiger partial charge in [-0.05, 0) is 69.2 Å². The molecule has 1 amide bonds. The number of anilines is 1. The van der Waals surface area contributed by atoms with E-state index in [0.717, 1.165) is 63.7 Å². The second kappa shape index (κ2) is 8.70. The molecule has 1 N–H and O–H groups in total. The fourth-order valence-electron chi connectivity index (χ4n) is 5.60. The first-order chi connectivity index (χ1) is 15.5. The highest BCUT2D eigenvalue weighted by Crippen LogP contribution is 2.43. The molecule has 1 aliphatic carbocycles.